The van der Waals surface area contributed by atoms with E-state index in [2.05, 4.69) is 31.2 Å². The van der Waals surface area contributed by atoms with Crippen molar-refractivity contribution in [1.29, 1.82) is 0 Å². The number of nitrogens with one attached hydrogen (secondary N) is 1. The van der Waals surface area contributed by atoms with Gasteiger partial charge in [0.15, 0.2) is 0 Å². The maximum absolute atomic E-state index is 11.1. The molecule has 1 saturated heterocycles. The van der Waals surface area contributed by atoms with E-state index in [0.717, 1.165) is 30.9 Å². The molecule has 1 aliphatic heterocycles. The highest BCUT2D eigenvalue weighted by molar-refractivity contribution is 5.31. The van der Waals surface area contributed by atoms with Crippen LogP contribution in [0.2, 0.25) is 0 Å². The van der Waals surface area contributed by atoms with Crippen LogP contribution in [0.15, 0.2) is 54.6 Å². The van der Waals surface area contributed by atoms with Gasteiger partial charge < -0.3 is 14.7 Å². The van der Waals surface area contributed by atoms with E-state index in [1.807, 2.05) is 30.3 Å². The van der Waals surface area contributed by atoms with Gasteiger partial charge >= 0.3 is 0 Å². The van der Waals surface area contributed by atoms with E-state index >= 15 is 0 Å². The quantitative estimate of drug-likeness (QED) is 0.775. The maximum Gasteiger partial charge on any atom is 0.119 e. The molecule has 1 aliphatic rings. The Hall–Kier alpha value is -1.84. The van der Waals surface area contributed by atoms with Crippen molar-refractivity contribution in [2.75, 3.05) is 26.2 Å². The molecule has 2 unspecified atom stereocenters. The largest absolute Gasteiger partial charge is 0.494 e. The summed E-state index contributed by atoms with van der Waals surface area (Å²) >= 11 is 0. The van der Waals surface area contributed by atoms with Gasteiger partial charge in [0.2, 0.25) is 0 Å². The second-order valence-corrected chi connectivity index (χ2v) is 7.04. The summed E-state index contributed by atoms with van der Waals surface area (Å²) in [7, 11) is 0. The average Bonchev–Trinajstić information content (AvgIpc) is 3.18. The SMILES string of the molecule is CCCOc1ccc(C(O)C(C[NH+]2CCCC2)c2ccccc2)cc1. The fraction of sp³-hybridized carbons (Fsp3) is 0.455. The van der Waals surface area contributed by atoms with E-state index in [1.54, 1.807) is 4.90 Å². The first kappa shape index (κ1) is 18.0. The second kappa shape index (κ2) is 9.02. The van der Waals surface area contributed by atoms with Crippen molar-refractivity contribution in [2.24, 2.45) is 0 Å². The maximum atomic E-state index is 11.1. The van der Waals surface area contributed by atoms with Gasteiger partial charge in [-0.2, -0.15) is 0 Å². The number of hydrogen-bond donors (Lipinski definition) is 2. The number of aliphatic hydroxyl groups is 1. The molecule has 1 heterocycles. The van der Waals surface area contributed by atoms with E-state index in [9.17, 15) is 5.11 Å². The summed E-state index contributed by atoms with van der Waals surface area (Å²) in [6, 6.07) is 18.4. The molecule has 0 aromatic heterocycles. The van der Waals surface area contributed by atoms with E-state index < -0.39 is 6.10 Å². The Kier molecular flexibility index (Phi) is 6.48. The minimum atomic E-state index is -0.490. The lowest BCUT2D eigenvalue weighted by Gasteiger charge is -2.26. The molecule has 0 aliphatic carbocycles. The molecule has 0 radical (unpaired) electrons. The fourth-order valence-corrected chi connectivity index (χ4v) is 3.72. The van der Waals surface area contributed by atoms with Crippen molar-refractivity contribution in [2.45, 2.75) is 38.2 Å². The van der Waals surface area contributed by atoms with Gasteiger partial charge in [0.1, 0.15) is 5.75 Å². The number of hydrogen-bond acceptors (Lipinski definition) is 2. The van der Waals surface area contributed by atoms with Crippen molar-refractivity contribution in [3.63, 3.8) is 0 Å². The minimum absolute atomic E-state index is 0.122. The Morgan fingerprint density at radius 1 is 0.960 bits per heavy atom. The van der Waals surface area contributed by atoms with E-state index in [-0.39, 0.29) is 5.92 Å². The van der Waals surface area contributed by atoms with Crippen molar-refractivity contribution < 1.29 is 14.7 Å². The summed E-state index contributed by atoms with van der Waals surface area (Å²) in [4.78, 5) is 1.61. The van der Waals surface area contributed by atoms with E-state index in [0.29, 0.717) is 0 Å². The van der Waals surface area contributed by atoms with E-state index in [1.165, 1.54) is 31.5 Å². The Bertz CT molecular complexity index is 620. The minimum Gasteiger partial charge on any atom is -0.494 e. The lowest BCUT2D eigenvalue weighted by Crippen LogP contribution is -3.10. The third-order valence-electron chi connectivity index (χ3n) is 5.12. The van der Waals surface area contributed by atoms with Crippen LogP contribution in [0.1, 0.15) is 49.3 Å². The smallest absolute Gasteiger partial charge is 0.119 e. The molecule has 2 aromatic carbocycles. The lowest BCUT2D eigenvalue weighted by molar-refractivity contribution is -0.889. The Balaban J connectivity index is 1.76. The number of likely N-dealkylation sites (tertiary alicyclic amines) is 1. The van der Waals surface area contributed by atoms with Crippen LogP contribution in [-0.4, -0.2) is 31.3 Å². The number of aliphatic hydroxyl groups excluding tert-OH is 1. The van der Waals surface area contributed by atoms with Gasteiger partial charge in [0.05, 0.1) is 38.3 Å². The highest BCUT2D eigenvalue weighted by Crippen LogP contribution is 2.31. The molecule has 0 saturated carbocycles. The molecule has 2 N–H and O–H groups in total. The van der Waals surface area contributed by atoms with Crippen molar-refractivity contribution in [3.8, 4) is 5.75 Å². The molecule has 2 atom stereocenters. The Labute approximate surface area is 151 Å². The van der Waals surface area contributed by atoms with E-state index in [4.69, 9.17) is 4.74 Å². The first-order valence-electron chi connectivity index (χ1n) is 9.57. The Morgan fingerprint density at radius 2 is 1.64 bits per heavy atom. The van der Waals surface area contributed by atoms with Gasteiger partial charge in [-0.1, -0.05) is 49.4 Å². The molecule has 134 valence electrons. The second-order valence-electron chi connectivity index (χ2n) is 7.04. The third-order valence-corrected chi connectivity index (χ3v) is 5.12. The van der Waals surface area contributed by atoms with Crippen molar-refractivity contribution in [3.05, 3.63) is 65.7 Å². The Morgan fingerprint density at radius 3 is 2.28 bits per heavy atom. The van der Waals surface area contributed by atoms with Crippen LogP contribution in [-0.2, 0) is 0 Å². The third kappa shape index (κ3) is 4.83. The van der Waals surface area contributed by atoms with Crippen molar-refractivity contribution in [1.82, 2.24) is 0 Å². The zero-order valence-electron chi connectivity index (χ0n) is 15.2. The predicted molar refractivity (Wildman–Crippen MR) is 101 cm³/mol. The van der Waals surface area contributed by atoms with Gasteiger partial charge in [0.25, 0.3) is 0 Å². The van der Waals surface area contributed by atoms with Crippen LogP contribution < -0.4 is 9.64 Å². The van der Waals surface area contributed by atoms with Gasteiger partial charge in [0, 0.05) is 12.8 Å². The normalized spacial score (nSPS) is 17.4. The number of ether oxygens (including phenoxy) is 1. The van der Waals surface area contributed by atoms with Gasteiger partial charge in [-0.25, -0.2) is 0 Å². The molecule has 0 bridgehead atoms. The van der Waals surface area contributed by atoms with Crippen LogP contribution in [0, 0.1) is 0 Å². The summed E-state index contributed by atoms with van der Waals surface area (Å²) in [5.74, 6) is 0.996. The van der Waals surface area contributed by atoms with Gasteiger partial charge in [-0.15, -0.1) is 0 Å². The van der Waals surface area contributed by atoms with Gasteiger partial charge in [-0.05, 0) is 29.7 Å². The molecule has 25 heavy (non-hydrogen) atoms. The summed E-state index contributed by atoms with van der Waals surface area (Å²) in [5.41, 5.74) is 2.19. The van der Waals surface area contributed by atoms with Crippen molar-refractivity contribution >= 4 is 0 Å². The monoisotopic (exact) mass is 340 g/mol. The molecule has 3 rings (SSSR count). The lowest BCUT2D eigenvalue weighted by atomic mass is 9.88. The standard InChI is InChI=1S/C22H29NO2/c1-2-16-25-20-12-10-19(11-13-20)22(24)21(17-23-14-6-7-15-23)18-8-4-3-5-9-18/h3-5,8-13,21-22,24H,2,6-7,14-17H2,1H3/p+1. The molecular formula is C22H30NO2+. The van der Waals surface area contributed by atoms with Crippen LogP contribution in [0.4, 0.5) is 0 Å². The first-order valence-corrected chi connectivity index (χ1v) is 9.57. The molecule has 3 heteroatoms. The topological polar surface area (TPSA) is 33.9 Å². The summed E-state index contributed by atoms with van der Waals surface area (Å²) in [6.07, 6.45) is 3.11. The molecule has 0 amide bonds. The predicted octanol–water partition coefficient (Wildman–Crippen LogP) is 2.97. The highest BCUT2D eigenvalue weighted by atomic mass is 16.5. The average molecular weight is 340 g/mol. The fourth-order valence-electron chi connectivity index (χ4n) is 3.72. The zero-order valence-corrected chi connectivity index (χ0v) is 15.2. The number of benzene rings is 2. The van der Waals surface area contributed by atoms with Crippen LogP contribution >= 0.6 is 0 Å². The number of rotatable bonds is 8. The van der Waals surface area contributed by atoms with Crippen LogP contribution in [0.5, 0.6) is 5.75 Å². The molecule has 3 nitrogen and oxygen atoms in total. The molecular weight excluding hydrogens is 310 g/mol. The molecule has 1 fully saturated rings. The highest BCUT2D eigenvalue weighted by Gasteiger charge is 2.28. The summed E-state index contributed by atoms with van der Waals surface area (Å²) in [6.45, 7) is 6.26. The first-order chi connectivity index (χ1) is 12.3. The zero-order chi connectivity index (χ0) is 17.5. The summed E-state index contributed by atoms with van der Waals surface area (Å²) < 4.78 is 5.66. The van der Waals surface area contributed by atoms with Gasteiger partial charge in [-0.3, -0.25) is 0 Å². The molecule has 0 spiro atoms. The molecule has 2 aromatic rings. The van der Waals surface area contributed by atoms with Crippen LogP contribution in [0.3, 0.4) is 0 Å². The summed E-state index contributed by atoms with van der Waals surface area (Å²) in [5, 5.41) is 11.1. The number of quaternary nitrogens is 1. The van der Waals surface area contributed by atoms with Crippen LogP contribution in [0.25, 0.3) is 0 Å².